The molecular formula is C18H26O. The van der Waals surface area contributed by atoms with Crippen LogP contribution in [0.2, 0.25) is 0 Å². The van der Waals surface area contributed by atoms with Gasteiger partial charge in [0.05, 0.1) is 5.41 Å². The number of ketones is 1. The Kier molecular flexibility index (Phi) is 3.91. The summed E-state index contributed by atoms with van der Waals surface area (Å²) in [7, 11) is 0. The van der Waals surface area contributed by atoms with E-state index < -0.39 is 0 Å². The van der Waals surface area contributed by atoms with E-state index in [0.29, 0.717) is 5.78 Å². The average molecular weight is 258 g/mol. The van der Waals surface area contributed by atoms with Gasteiger partial charge >= 0.3 is 0 Å². The summed E-state index contributed by atoms with van der Waals surface area (Å²) in [5.41, 5.74) is 2.85. The highest BCUT2D eigenvalue weighted by molar-refractivity contribution is 5.92. The van der Waals surface area contributed by atoms with E-state index in [-0.39, 0.29) is 5.41 Å². The monoisotopic (exact) mass is 258 g/mol. The topological polar surface area (TPSA) is 17.1 Å². The van der Waals surface area contributed by atoms with Crippen molar-refractivity contribution in [1.29, 1.82) is 0 Å². The zero-order valence-corrected chi connectivity index (χ0v) is 12.0. The van der Waals surface area contributed by atoms with Crippen molar-refractivity contribution in [1.82, 2.24) is 0 Å². The molecule has 0 aromatic heterocycles. The molecule has 0 bridgehead atoms. The lowest BCUT2D eigenvalue weighted by Crippen LogP contribution is -2.39. The second-order valence-electron chi connectivity index (χ2n) is 6.49. The minimum absolute atomic E-state index is 0.140. The van der Waals surface area contributed by atoms with E-state index in [1.54, 1.807) is 0 Å². The zero-order chi connectivity index (χ0) is 13.1. The van der Waals surface area contributed by atoms with Crippen molar-refractivity contribution in [3.05, 3.63) is 23.3 Å². The number of rotatable bonds is 2. The minimum atomic E-state index is -0.140. The van der Waals surface area contributed by atoms with Gasteiger partial charge in [-0.3, -0.25) is 4.79 Å². The standard InChI is InChI=1S/C18H26O/c19-17-13-7-8-14-18(17,15-9-3-1-4-10-15)16-11-5-2-6-12-16/h9,11H,1-8,10,12-14H2. The van der Waals surface area contributed by atoms with Gasteiger partial charge in [0, 0.05) is 6.42 Å². The summed E-state index contributed by atoms with van der Waals surface area (Å²) in [6.07, 6.45) is 19.0. The summed E-state index contributed by atoms with van der Waals surface area (Å²) in [6.45, 7) is 0. The summed E-state index contributed by atoms with van der Waals surface area (Å²) in [5, 5.41) is 0. The molecule has 0 aromatic carbocycles. The summed E-state index contributed by atoms with van der Waals surface area (Å²) in [4.78, 5) is 12.8. The second-order valence-corrected chi connectivity index (χ2v) is 6.49. The molecule has 1 heteroatoms. The van der Waals surface area contributed by atoms with Crippen LogP contribution in [0.25, 0.3) is 0 Å². The molecule has 19 heavy (non-hydrogen) atoms. The van der Waals surface area contributed by atoms with E-state index in [1.807, 2.05) is 0 Å². The van der Waals surface area contributed by atoms with Crippen LogP contribution in [0.4, 0.5) is 0 Å². The predicted octanol–water partition coefficient (Wildman–Crippen LogP) is 5.12. The largest absolute Gasteiger partial charge is 0.298 e. The van der Waals surface area contributed by atoms with Crippen molar-refractivity contribution in [3.63, 3.8) is 0 Å². The first-order chi connectivity index (χ1) is 9.34. The molecule has 1 saturated carbocycles. The molecule has 0 atom stereocenters. The Morgan fingerprint density at radius 3 is 1.79 bits per heavy atom. The molecule has 3 aliphatic rings. The van der Waals surface area contributed by atoms with Gasteiger partial charge in [-0.25, -0.2) is 0 Å². The van der Waals surface area contributed by atoms with Gasteiger partial charge in [-0.15, -0.1) is 0 Å². The molecule has 0 aliphatic heterocycles. The fourth-order valence-electron chi connectivity index (χ4n) is 4.37. The summed E-state index contributed by atoms with van der Waals surface area (Å²) < 4.78 is 0. The lowest BCUT2D eigenvalue weighted by Gasteiger charge is -2.42. The molecule has 0 amide bonds. The van der Waals surface area contributed by atoms with E-state index in [1.165, 1.54) is 68.9 Å². The Balaban J connectivity index is 2.01. The molecule has 0 N–H and O–H groups in total. The third-order valence-electron chi connectivity index (χ3n) is 5.36. The Morgan fingerprint density at radius 1 is 0.737 bits per heavy atom. The van der Waals surface area contributed by atoms with Gasteiger partial charge < -0.3 is 0 Å². The third-order valence-corrected chi connectivity index (χ3v) is 5.36. The highest BCUT2D eigenvalue weighted by Gasteiger charge is 2.45. The Morgan fingerprint density at radius 2 is 1.32 bits per heavy atom. The Hall–Kier alpha value is -0.850. The maximum atomic E-state index is 12.8. The molecule has 0 aromatic rings. The first kappa shape index (κ1) is 13.1. The van der Waals surface area contributed by atoms with Gasteiger partial charge in [-0.1, -0.05) is 29.7 Å². The lowest BCUT2D eigenvalue weighted by atomic mass is 9.60. The van der Waals surface area contributed by atoms with Crippen LogP contribution in [0.5, 0.6) is 0 Å². The second kappa shape index (κ2) is 5.64. The highest BCUT2D eigenvalue weighted by Crippen LogP contribution is 2.51. The molecule has 1 nitrogen and oxygen atoms in total. The molecule has 0 unspecified atom stereocenters. The van der Waals surface area contributed by atoms with E-state index in [0.717, 1.165) is 19.3 Å². The van der Waals surface area contributed by atoms with Crippen molar-refractivity contribution < 1.29 is 4.79 Å². The number of hydrogen-bond acceptors (Lipinski definition) is 1. The maximum Gasteiger partial charge on any atom is 0.147 e. The van der Waals surface area contributed by atoms with Gasteiger partial charge in [0.2, 0.25) is 0 Å². The average Bonchev–Trinajstić information content (AvgIpc) is 2.50. The van der Waals surface area contributed by atoms with E-state index >= 15 is 0 Å². The van der Waals surface area contributed by atoms with Crippen molar-refractivity contribution >= 4 is 5.78 Å². The predicted molar refractivity (Wildman–Crippen MR) is 79.0 cm³/mol. The molecule has 3 rings (SSSR count). The first-order valence-electron chi connectivity index (χ1n) is 8.26. The van der Waals surface area contributed by atoms with Crippen LogP contribution in [0.15, 0.2) is 23.3 Å². The summed E-state index contributed by atoms with van der Waals surface area (Å²) in [6, 6.07) is 0. The lowest BCUT2D eigenvalue weighted by molar-refractivity contribution is -0.127. The van der Waals surface area contributed by atoms with Gasteiger partial charge in [-0.2, -0.15) is 0 Å². The first-order valence-corrected chi connectivity index (χ1v) is 8.26. The van der Waals surface area contributed by atoms with Crippen LogP contribution in [0.3, 0.4) is 0 Å². The quantitative estimate of drug-likeness (QED) is 0.628. The number of carbonyl (C=O) groups excluding carboxylic acids is 1. The van der Waals surface area contributed by atoms with Gasteiger partial charge in [0.25, 0.3) is 0 Å². The van der Waals surface area contributed by atoms with Gasteiger partial charge in [-0.05, 0) is 64.2 Å². The SMILES string of the molecule is O=C1CCCCC1(C1=CCCCC1)C1=CCCCC1. The van der Waals surface area contributed by atoms with Crippen molar-refractivity contribution in [2.75, 3.05) is 0 Å². The van der Waals surface area contributed by atoms with E-state index in [2.05, 4.69) is 12.2 Å². The van der Waals surface area contributed by atoms with Gasteiger partial charge in [0.1, 0.15) is 5.78 Å². The van der Waals surface area contributed by atoms with Crippen molar-refractivity contribution in [2.45, 2.75) is 77.0 Å². The summed E-state index contributed by atoms with van der Waals surface area (Å²) in [5.74, 6) is 0.542. The molecule has 0 spiro atoms. The molecular weight excluding hydrogens is 232 g/mol. The van der Waals surface area contributed by atoms with Crippen LogP contribution in [-0.4, -0.2) is 5.78 Å². The van der Waals surface area contributed by atoms with E-state index in [9.17, 15) is 4.79 Å². The summed E-state index contributed by atoms with van der Waals surface area (Å²) >= 11 is 0. The number of Topliss-reactive ketones (excluding diaryl/α,β-unsaturated/α-hetero) is 1. The zero-order valence-electron chi connectivity index (χ0n) is 12.0. The Bertz CT molecular complexity index is 387. The van der Waals surface area contributed by atoms with Gasteiger partial charge in [0.15, 0.2) is 0 Å². The number of hydrogen-bond donors (Lipinski definition) is 0. The third kappa shape index (κ3) is 2.32. The highest BCUT2D eigenvalue weighted by atomic mass is 16.1. The van der Waals surface area contributed by atoms with Crippen LogP contribution < -0.4 is 0 Å². The maximum absolute atomic E-state index is 12.8. The van der Waals surface area contributed by atoms with Crippen LogP contribution >= 0.6 is 0 Å². The molecule has 3 aliphatic carbocycles. The Labute approximate surface area is 117 Å². The fourth-order valence-corrected chi connectivity index (χ4v) is 4.37. The van der Waals surface area contributed by atoms with Crippen molar-refractivity contribution in [3.8, 4) is 0 Å². The molecule has 0 heterocycles. The van der Waals surface area contributed by atoms with Crippen LogP contribution in [0.1, 0.15) is 77.0 Å². The van der Waals surface area contributed by atoms with Crippen LogP contribution in [-0.2, 0) is 4.79 Å². The molecule has 0 radical (unpaired) electrons. The number of carbonyl (C=O) groups is 1. The van der Waals surface area contributed by atoms with E-state index in [4.69, 9.17) is 0 Å². The normalized spacial score (nSPS) is 27.7. The molecule has 104 valence electrons. The minimum Gasteiger partial charge on any atom is -0.298 e. The van der Waals surface area contributed by atoms with Crippen molar-refractivity contribution in [2.24, 2.45) is 5.41 Å². The van der Waals surface area contributed by atoms with Crippen LogP contribution in [0, 0.1) is 5.41 Å². The molecule has 1 fully saturated rings. The smallest absolute Gasteiger partial charge is 0.147 e. The fraction of sp³-hybridized carbons (Fsp3) is 0.722. The number of allylic oxidation sites excluding steroid dienone is 4. The molecule has 0 saturated heterocycles.